The molecule has 1 aromatic heterocycles. The molecule has 9 heteroatoms. The van der Waals surface area contributed by atoms with Crippen LogP contribution in [0.25, 0.3) is 0 Å². The molecule has 0 radical (unpaired) electrons. The maximum absolute atomic E-state index is 12.7. The Balaban J connectivity index is 1.46. The summed E-state index contributed by atoms with van der Waals surface area (Å²) in [6, 6.07) is 11.0. The maximum atomic E-state index is 12.7. The SMILES string of the molecule is COc1ccc(C(=O)Nc2nnc(C3CC(=O)N(c4cc(C)cc(C)c4)C3)s2)cc1OC. The molecular formula is C23H24N4O4S. The standard InChI is InChI=1S/C23H24N4O4S/c1-13-7-14(2)9-17(8-13)27-12-16(11-20(27)28)22-25-26-23(32-22)24-21(29)15-5-6-18(30-3)19(10-15)31-4/h5-10,16H,11-12H2,1-4H3,(H,24,26,29). The van der Waals surface area contributed by atoms with Gasteiger partial charge in [0.1, 0.15) is 5.01 Å². The van der Waals surface area contributed by atoms with E-state index < -0.39 is 0 Å². The Labute approximate surface area is 190 Å². The number of nitrogens with zero attached hydrogens (tertiary/aromatic N) is 3. The quantitative estimate of drug-likeness (QED) is 0.609. The Kier molecular flexibility index (Phi) is 6.09. The minimum Gasteiger partial charge on any atom is -0.493 e. The molecule has 2 heterocycles. The molecule has 3 aromatic rings. The Morgan fingerprint density at radius 1 is 1.06 bits per heavy atom. The van der Waals surface area contributed by atoms with Crippen LogP contribution in [0.5, 0.6) is 11.5 Å². The molecule has 1 fully saturated rings. The largest absolute Gasteiger partial charge is 0.493 e. The van der Waals surface area contributed by atoms with Crippen molar-refractivity contribution in [3.63, 3.8) is 0 Å². The van der Waals surface area contributed by atoms with E-state index in [1.165, 1.54) is 25.6 Å². The van der Waals surface area contributed by atoms with Gasteiger partial charge in [0.05, 0.1) is 14.2 Å². The molecule has 0 saturated carbocycles. The lowest BCUT2D eigenvalue weighted by atomic mass is 10.1. The van der Waals surface area contributed by atoms with Gasteiger partial charge in [0.25, 0.3) is 5.91 Å². The molecule has 4 rings (SSSR count). The Morgan fingerprint density at radius 3 is 2.47 bits per heavy atom. The summed E-state index contributed by atoms with van der Waals surface area (Å²) >= 11 is 1.29. The molecule has 0 aliphatic carbocycles. The van der Waals surface area contributed by atoms with E-state index in [0.29, 0.717) is 35.2 Å². The fourth-order valence-electron chi connectivity index (χ4n) is 3.83. The van der Waals surface area contributed by atoms with Gasteiger partial charge in [-0.2, -0.15) is 0 Å². The number of aryl methyl sites for hydroxylation is 2. The minimum atomic E-state index is -0.326. The van der Waals surface area contributed by atoms with Crippen molar-refractivity contribution in [2.45, 2.75) is 26.2 Å². The number of aromatic nitrogens is 2. The summed E-state index contributed by atoms with van der Waals surface area (Å²) in [5, 5.41) is 12.2. The lowest BCUT2D eigenvalue weighted by Crippen LogP contribution is -2.24. The average molecular weight is 453 g/mol. The zero-order chi connectivity index (χ0) is 22.8. The van der Waals surface area contributed by atoms with Gasteiger partial charge in [-0.3, -0.25) is 14.9 Å². The molecule has 1 saturated heterocycles. The maximum Gasteiger partial charge on any atom is 0.257 e. The van der Waals surface area contributed by atoms with Crippen LogP contribution in [0.2, 0.25) is 0 Å². The van der Waals surface area contributed by atoms with Crippen LogP contribution in [0.15, 0.2) is 36.4 Å². The number of benzene rings is 2. The molecule has 1 atom stereocenters. The topological polar surface area (TPSA) is 93.7 Å². The van der Waals surface area contributed by atoms with E-state index in [-0.39, 0.29) is 17.7 Å². The second kappa shape index (κ2) is 8.96. The summed E-state index contributed by atoms with van der Waals surface area (Å²) in [5.74, 6) is 0.683. The van der Waals surface area contributed by atoms with Gasteiger partial charge in [-0.1, -0.05) is 17.4 Å². The summed E-state index contributed by atoms with van der Waals surface area (Å²) in [7, 11) is 3.05. The van der Waals surface area contributed by atoms with E-state index in [1.807, 2.05) is 26.0 Å². The number of hydrogen-bond donors (Lipinski definition) is 1. The summed E-state index contributed by atoms with van der Waals surface area (Å²) < 4.78 is 10.5. The molecular weight excluding hydrogens is 428 g/mol. The first-order valence-corrected chi connectivity index (χ1v) is 10.9. The molecule has 8 nitrogen and oxygen atoms in total. The number of methoxy groups -OCH3 is 2. The monoisotopic (exact) mass is 452 g/mol. The second-order valence-electron chi connectivity index (χ2n) is 7.72. The molecule has 0 bridgehead atoms. The lowest BCUT2D eigenvalue weighted by Gasteiger charge is -2.17. The number of anilines is 2. The number of ether oxygens (including phenoxy) is 2. The van der Waals surface area contributed by atoms with Gasteiger partial charge >= 0.3 is 0 Å². The fourth-order valence-corrected chi connectivity index (χ4v) is 4.66. The average Bonchev–Trinajstić information content (AvgIpc) is 3.39. The van der Waals surface area contributed by atoms with Gasteiger partial charge in [0, 0.05) is 30.1 Å². The van der Waals surface area contributed by atoms with Crippen molar-refractivity contribution in [2.24, 2.45) is 0 Å². The molecule has 2 aromatic carbocycles. The molecule has 1 aliphatic rings. The van der Waals surface area contributed by atoms with Gasteiger partial charge < -0.3 is 14.4 Å². The highest BCUT2D eigenvalue weighted by atomic mass is 32.1. The molecule has 2 amide bonds. The number of rotatable bonds is 6. The van der Waals surface area contributed by atoms with Crippen molar-refractivity contribution in [1.29, 1.82) is 0 Å². The van der Waals surface area contributed by atoms with E-state index in [4.69, 9.17) is 9.47 Å². The summed E-state index contributed by atoms with van der Waals surface area (Å²) in [6.07, 6.45) is 0.366. The van der Waals surface area contributed by atoms with E-state index >= 15 is 0 Å². The third kappa shape index (κ3) is 4.43. The van der Waals surface area contributed by atoms with E-state index in [0.717, 1.165) is 21.8 Å². The second-order valence-corrected chi connectivity index (χ2v) is 8.73. The van der Waals surface area contributed by atoms with Crippen LogP contribution in [0.3, 0.4) is 0 Å². The molecule has 1 aliphatic heterocycles. The number of carbonyl (C=O) groups is 2. The lowest BCUT2D eigenvalue weighted by molar-refractivity contribution is -0.117. The third-order valence-electron chi connectivity index (χ3n) is 5.30. The first-order chi connectivity index (χ1) is 15.4. The van der Waals surface area contributed by atoms with Crippen LogP contribution in [-0.4, -0.2) is 42.8 Å². The normalized spacial score (nSPS) is 15.7. The molecule has 1 N–H and O–H groups in total. The zero-order valence-corrected chi connectivity index (χ0v) is 19.2. The Morgan fingerprint density at radius 2 is 1.78 bits per heavy atom. The molecule has 0 spiro atoms. The van der Waals surface area contributed by atoms with Crippen LogP contribution >= 0.6 is 11.3 Å². The molecule has 32 heavy (non-hydrogen) atoms. The van der Waals surface area contributed by atoms with Gasteiger partial charge in [-0.15, -0.1) is 10.2 Å². The van der Waals surface area contributed by atoms with Crippen molar-refractivity contribution in [1.82, 2.24) is 10.2 Å². The first-order valence-electron chi connectivity index (χ1n) is 10.1. The van der Waals surface area contributed by atoms with Crippen molar-refractivity contribution in [3.05, 3.63) is 58.1 Å². The summed E-state index contributed by atoms with van der Waals surface area (Å²) in [6.45, 7) is 4.58. The van der Waals surface area contributed by atoms with Crippen molar-refractivity contribution < 1.29 is 19.1 Å². The minimum absolute atomic E-state index is 0.0612. The number of hydrogen-bond acceptors (Lipinski definition) is 7. The van der Waals surface area contributed by atoms with Gasteiger partial charge in [0.2, 0.25) is 11.0 Å². The van der Waals surface area contributed by atoms with Gasteiger partial charge in [-0.25, -0.2) is 0 Å². The van der Waals surface area contributed by atoms with E-state index in [2.05, 4.69) is 21.6 Å². The number of carbonyl (C=O) groups excluding carboxylic acids is 2. The van der Waals surface area contributed by atoms with Gasteiger partial charge in [0.15, 0.2) is 11.5 Å². The summed E-state index contributed by atoms with van der Waals surface area (Å²) in [5.41, 5.74) is 3.55. The predicted molar refractivity (Wildman–Crippen MR) is 123 cm³/mol. The third-order valence-corrected chi connectivity index (χ3v) is 6.30. The summed E-state index contributed by atoms with van der Waals surface area (Å²) in [4.78, 5) is 27.1. The molecule has 166 valence electrons. The van der Waals surface area contributed by atoms with Crippen molar-refractivity contribution >= 4 is 34.0 Å². The highest BCUT2D eigenvalue weighted by molar-refractivity contribution is 7.15. The van der Waals surface area contributed by atoms with E-state index in [9.17, 15) is 9.59 Å². The van der Waals surface area contributed by atoms with Gasteiger partial charge in [-0.05, 0) is 55.3 Å². The van der Waals surface area contributed by atoms with Crippen LogP contribution < -0.4 is 19.7 Å². The van der Waals surface area contributed by atoms with E-state index in [1.54, 1.807) is 23.1 Å². The highest BCUT2D eigenvalue weighted by Crippen LogP contribution is 2.35. The predicted octanol–water partition coefficient (Wildman–Crippen LogP) is 3.94. The fraction of sp³-hybridized carbons (Fsp3) is 0.304. The van der Waals surface area contributed by atoms with Crippen molar-refractivity contribution in [2.75, 3.05) is 31.0 Å². The van der Waals surface area contributed by atoms with Crippen LogP contribution in [-0.2, 0) is 4.79 Å². The highest BCUT2D eigenvalue weighted by Gasteiger charge is 2.34. The zero-order valence-electron chi connectivity index (χ0n) is 18.3. The molecule has 1 unspecified atom stereocenters. The van der Waals surface area contributed by atoms with Crippen LogP contribution in [0.4, 0.5) is 10.8 Å². The van der Waals surface area contributed by atoms with Crippen molar-refractivity contribution in [3.8, 4) is 11.5 Å². The van der Waals surface area contributed by atoms with Crippen LogP contribution in [0.1, 0.15) is 38.8 Å². The Bertz CT molecular complexity index is 1160. The van der Waals surface area contributed by atoms with Crippen LogP contribution in [0, 0.1) is 13.8 Å². The Hall–Kier alpha value is -3.46. The number of nitrogens with one attached hydrogen (secondary N) is 1. The first kappa shape index (κ1) is 21.8. The number of amides is 2. The smallest absolute Gasteiger partial charge is 0.257 e.